The van der Waals surface area contributed by atoms with Gasteiger partial charge in [0.15, 0.2) is 6.10 Å². The number of rotatable bonds is 8. The fourth-order valence-corrected chi connectivity index (χ4v) is 2.39. The molecule has 1 aliphatic heterocycles. The third-order valence-electron chi connectivity index (χ3n) is 3.78. The Morgan fingerprint density at radius 1 is 1.38 bits per heavy atom. The van der Waals surface area contributed by atoms with Gasteiger partial charge in [0.25, 0.3) is 11.6 Å². The van der Waals surface area contributed by atoms with Gasteiger partial charge in [-0.05, 0) is 32.0 Å². The van der Waals surface area contributed by atoms with Crippen molar-refractivity contribution in [2.75, 3.05) is 39.4 Å². The van der Waals surface area contributed by atoms with Crippen LogP contribution in [0.5, 0.6) is 5.75 Å². The molecule has 1 N–H and O–H groups in total. The zero-order chi connectivity index (χ0) is 17.4. The minimum absolute atomic E-state index is 0.0115. The SMILES string of the molecule is C[C@H](Oc1ccc([N+](=O)[O-])cc1)C(=O)NCCCN1CCOCC1. The first-order valence-electron chi connectivity index (χ1n) is 8.05. The van der Waals surface area contributed by atoms with Crippen molar-refractivity contribution < 1.29 is 19.2 Å². The Kier molecular flexibility index (Phi) is 6.95. The lowest BCUT2D eigenvalue weighted by atomic mass is 10.3. The Morgan fingerprint density at radius 3 is 2.67 bits per heavy atom. The number of hydrogen-bond acceptors (Lipinski definition) is 6. The predicted octanol–water partition coefficient (Wildman–Crippen LogP) is 1.20. The second kappa shape index (κ2) is 9.19. The van der Waals surface area contributed by atoms with E-state index in [1.54, 1.807) is 6.92 Å². The van der Waals surface area contributed by atoms with E-state index < -0.39 is 11.0 Å². The second-order valence-corrected chi connectivity index (χ2v) is 5.61. The third kappa shape index (κ3) is 5.78. The van der Waals surface area contributed by atoms with Gasteiger partial charge in [-0.3, -0.25) is 19.8 Å². The number of benzene rings is 1. The Morgan fingerprint density at radius 2 is 2.04 bits per heavy atom. The van der Waals surface area contributed by atoms with E-state index in [9.17, 15) is 14.9 Å². The number of nitrogens with zero attached hydrogens (tertiary/aromatic N) is 2. The number of morpholine rings is 1. The lowest BCUT2D eigenvalue weighted by Crippen LogP contribution is -2.40. The summed E-state index contributed by atoms with van der Waals surface area (Å²) in [5, 5.41) is 13.4. The third-order valence-corrected chi connectivity index (χ3v) is 3.78. The average molecular weight is 337 g/mol. The fraction of sp³-hybridized carbons (Fsp3) is 0.562. The number of carbonyl (C=O) groups is 1. The molecule has 2 rings (SSSR count). The van der Waals surface area contributed by atoms with Crippen LogP contribution in [0.2, 0.25) is 0 Å². The number of carbonyl (C=O) groups excluding carboxylic acids is 1. The van der Waals surface area contributed by atoms with Crippen molar-refractivity contribution in [3.63, 3.8) is 0 Å². The number of nitro benzene ring substituents is 1. The maximum absolute atomic E-state index is 12.0. The number of amides is 1. The van der Waals surface area contributed by atoms with Gasteiger partial charge in [0, 0.05) is 31.8 Å². The molecule has 1 heterocycles. The molecule has 8 heteroatoms. The van der Waals surface area contributed by atoms with Crippen LogP contribution in [0.25, 0.3) is 0 Å². The molecule has 1 aromatic carbocycles. The van der Waals surface area contributed by atoms with Crippen LogP contribution in [0.15, 0.2) is 24.3 Å². The van der Waals surface area contributed by atoms with Crippen molar-refractivity contribution in [1.82, 2.24) is 10.2 Å². The summed E-state index contributed by atoms with van der Waals surface area (Å²) >= 11 is 0. The van der Waals surface area contributed by atoms with E-state index in [1.807, 2.05) is 0 Å². The molecule has 1 aromatic rings. The van der Waals surface area contributed by atoms with Gasteiger partial charge in [-0.1, -0.05) is 0 Å². The van der Waals surface area contributed by atoms with Crippen LogP contribution in [-0.4, -0.2) is 61.2 Å². The molecule has 0 aromatic heterocycles. The lowest BCUT2D eigenvalue weighted by molar-refractivity contribution is -0.384. The Labute approximate surface area is 140 Å². The van der Waals surface area contributed by atoms with Crippen LogP contribution in [0.1, 0.15) is 13.3 Å². The molecule has 0 saturated carbocycles. The maximum Gasteiger partial charge on any atom is 0.269 e. The quantitative estimate of drug-likeness (QED) is 0.435. The zero-order valence-electron chi connectivity index (χ0n) is 13.8. The van der Waals surface area contributed by atoms with Gasteiger partial charge in [-0.25, -0.2) is 0 Å². The Hall–Kier alpha value is -2.19. The molecule has 132 valence electrons. The highest BCUT2D eigenvalue weighted by atomic mass is 16.6. The topological polar surface area (TPSA) is 93.9 Å². The van der Waals surface area contributed by atoms with E-state index in [2.05, 4.69) is 10.2 Å². The molecule has 1 atom stereocenters. The van der Waals surface area contributed by atoms with Crippen molar-refractivity contribution in [3.8, 4) is 5.75 Å². The molecule has 0 radical (unpaired) electrons. The monoisotopic (exact) mass is 337 g/mol. The molecule has 0 unspecified atom stereocenters. The summed E-state index contributed by atoms with van der Waals surface area (Å²) in [7, 11) is 0. The molecule has 1 fully saturated rings. The minimum Gasteiger partial charge on any atom is -0.481 e. The van der Waals surface area contributed by atoms with Crippen LogP contribution in [0.3, 0.4) is 0 Å². The van der Waals surface area contributed by atoms with E-state index >= 15 is 0 Å². The van der Waals surface area contributed by atoms with Crippen LogP contribution < -0.4 is 10.1 Å². The van der Waals surface area contributed by atoms with Gasteiger partial charge in [0.05, 0.1) is 18.1 Å². The smallest absolute Gasteiger partial charge is 0.269 e. The number of ether oxygens (including phenoxy) is 2. The van der Waals surface area contributed by atoms with Gasteiger partial charge < -0.3 is 14.8 Å². The molecule has 0 spiro atoms. The molecule has 0 aliphatic carbocycles. The van der Waals surface area contributed by atoms with Crippen molar-refractivity contribution in [3.05, 3.63) is 34.4 Å². The lowest BCUT2D eigenvalue weighted by Gasteiger charge is -2.26. The first kappa shape index (κ1) is 18.2. The van der Waals surface area contributed by atoms with E-state index in [0.29, 0.717) is 12.3 Å². The van der Waals surface area contributed by atoms with E-state index in [-0.39, 0.29) is 11.6 Å². The minimum atomic E-state index is -0.658. The molecule has 24 heavy (non-hydrogen) atoms. The number of nitrogens with one attached hydrogen (secondary N) is 1. The van der Waals surface area contributed by atoms with Crippen LogP contribution in [0.4, 0.5) is 5.69 Å². The Balaban J connectivity index is 1.66. The normalized spacial score (nSPS) is 16.4. The molecule has 8 nitrogen and oxygen atoms in total. The molecule has 1 aliphatic rings. The zero-order valence-corrected chi connectivity index (χ0v) is 13.8. The van der Waals surface area contributed by atoms with Crippen LogP contribution in [0, 0.1) is 10.1 Å². The van der Waals surface area contributed by atoms with E-state index in [0.717, 1.165) is 39.3 Å². The standard InChI is InChI=1S/C16H23N3O5/c1-13(24-15-5-3-14(4-6-15)19(21)22)16(20)17-7-2-8-18-9-11-23-12-10-18/h3-6,13H,2,7-12H2,1H3,(H,17,20)/t13-/m0/s1. The van der Waals surface area contributed by atoms with Crippen LogP contribution in [-0.2, 0) is 9.53 Å². The van der Waals surface area contributed by atoms with Gasteiger partial charge in [-0.15, -0.1) is 0 Å². The van der Waals surface area contributed by atoms with Gasteiger partial charge >= 0.3 is 0 Å². The number of hydrogen-bond donors (Lipinski definition) is 1. The fourth-order valence-electron chi connectivity index (χ4n) is 2.39. The summed E-state index contributed by atoms with van der Waals surface area (Å²) in [6.45, 7) is 6.59. The first-order valence-corrected chi connectivity index (χ1v) is 8.05. The van der Waals surface area contributed by atoms with Crippen molar-refractivity contribution >= 4 is 11.6 Å². The maximum atomic E-state index is 12.0. The number of non-ortho nitro benzene ring substituents is 1. The summed E-state index contributed by atoms with van der Waals surface area (Å²) in [5.41, 5.74) is -0.0115. The van der Waals surface area contributed by atoms with Crippen LogP contribution >= 0.6 is 0 Å². The summed E-state index contributed by atoms with van der Waals surface area (Å²) in [5.74, 6) is 0.229. The summed E-state index contributed by atoms with van der Waals surface area (Å²) in [6, 6.07) is 5.67. The second-order valence-electron chi connectivity index (χ2n) is 5.61. The first-order chi connectivity index (χ1) is 11.6. The predicted molar refractivity (Wildman–Crippen MR) is 88.1 cm³/mol. The Bertz CT molecular complexity index is 543. The van der Waals surface area contributed by atoms with Gasteiger partial charge in [-0.2, -0.15) is 0 Å². The van der Waals surface area contributed by atoms with Crippen molar-refractivity contribution in [2.24, 2.45) is 0 Å². The van der Waals surface area contributed by atoms with Gasteiger partial charge in [0.2, 0.25) is 0 Å². The average Bonchev–Trinajstić information content (AvgIpc) is 2.60. The summed E-state index contributed by atoms with van der Waals surface area (Å²) < 4.78 is 10.8. The van der Waals surface area contributed by atoms with E-state index in [4.69, 9.17) is 9.47 Å². The van der Waals surface area contributed by atoms with Gasteiger partial charge in [0.1, 0.15) is 5.75 Å². The largest absolute Gasteiger partial charge is 0.481 e. The molecule has 1 saturated heterocycles. The van der Waals surface area contributed by atoms with E-state index in [1.165, 1.54) is 24.3 Å². The molecular weight excluding hydrogens is 314 g/mol. The van der Waals surface area contributed by atoms with Crippen molar-refractivity contribution in [2.45, 2.75) is 19.4 Å². The highest BCUT2D eigenvalue weighted by Crippen LogP contribution is 2.18. The summed E-state index contributed by atoms with van der Waals surface area (Å²) in [4.78, 5) is 24.4. The highest BCUT2D eigenvalue weighted by Gasteiger charge is 2.15. The molecular formula is C16H23N3O5. The highest BCUT2D eigenvalue weighted by molar-refractivity contribution is 5.80. The molecule has 0 bridgehead atoms. The number of nitro groups is 1. The molecule has 1 amide bonds. The van der Waals surface area contributed by atoms with Crippen molar-refractivity contribution in [1.29, 1.82) is 0 Å². The summed E-state index contributed by atoms with van der Waals surface area (Å²) in [6.07, 6.45) is 0.213.